The second-order valence-electron chi connectivity index (χ2n) is 4.56. The van der Waals surface area contributed by atoms with E-state index in [2.05, 4.69) is 28.1 Å². The van der Waals surface area contributed by atoms with Crippen LogP contribution in [0.3, 0.4) is 0 Å². The molecular weight excluding hydrogens is 200 g/mol. The summed E-state index contributed by atoms with van der Waals surface area (Å²) in [7, 11) is 1.94. The van der Waals surface area contributed by atoms with E-state index in [1.165, 1.54) is 25.7 Å². The highest BCUT2D eigenvalue weighted by molar-refractivity contribution is 5.00. The molecule has 0 saturated heterocycles. The van der Waals surface area contributed by atoms with Crippen molar-refractivity contribution in [3.63, 3.8) is 0 Å². The zero-order chi connectivity index (χ0) is 11.4. The lowest BCUT2D eigenvalue weighted by molar-refractivity contribution is 0.357. The van der Waals surface area contributed by atoms with Gasteiger partial charge in [-0.15, -0.1) is 0 Å². The summed E-state index contributed by atoms with van der Waals surface area (Å²) in [5.41, 5.74) is 1.06. The lowest BCUT2D eigenvalue weighted by atomic mass is 10.3. The SMILES string of the molecule is CN(CC#N)Cc1ccn(C2CCCC2)n1. The normalized spacial score (nSPS) is 16.8. The van der Waals surface area contributed by atoms with Crippen molar-refractivity contribution >= 4 is 0 Å². The maximum absolute atomic E-state index is 8.58. The summed E-state index contributed by atoms with van der Waals surface area (Å²) in [6, 6.07) is 4.81. The Morgan fingerprint density at radius 2 is 2.31 bits per heavy atom. The van der Waals surface area contributed by atoms with Gasteiger partial charge in [0.1, 0.15) is 0 Å². The van der Waals surface area contributed by atoms with Crippen molar-refractivity contribution in [2.75, 3.05) is 13.6 Å². The number of nitriles is 1. The number of rotatable bonds is 4. The van der Waals surface area contributed by atoms with Gasteiger partial charge in [-0.2, -0.15) is 10.4 Å². The summed E-state index contributed by atoms with van der Waals surface area (Å²) in [6.07, 6.45) is 7.25. The van der Waals surface area contributed by atoms with Crippen molar-refractivity contribution < 1.29 is 0 Å². The van der Waals surface area contributed by atoms with Crippen LogP contribution in [0.4, 0.5) is 0 Å². The Balaban J connectivity index is 1.94. The molecule has 1 aromatic heterocycles. The molecule has 16 heavy (non-hydrogen) atoms. The van der Waals surface area contributed by atoms with Gasteiger partial charge in [-0.1, -0.05) is 12.8 Å². The molecule has 0 aliphatic heterocycles. The predicted molar refractivity (Wildman–Crippen MR) is 61.7 cm³/mol. The van der Waals surface area contributed by atoms with Gasteiger partial charge < -0.3 is 0 Å². The van der Waals surface area contributed by atoms with E-state index in [0.29, 0.717) is 12.6 Å². The van der Waals surface area contributed by atoms with Crippen molar-refractivity contribution in [3.05, 3.63) is 18.0 Å². The number of nitrogens with zero attached hydrogens (tertiary/aromatic N) is 4. The van der Waals surface area contributed by atoms with Gasteiger partial charge >= 0.3 is 0 Å². The van der Waals surface area contributed by atoms with Crippen LogP contribution in [-0.4, -0.2) is 28.3 Å². The van der Waals surface area contributed by atoms with Crippen LogP contribution in [0.5, 0.6) is 0 Å². The fraction of sp³-hybridized carbons (Fsp3) is 0.667. The summed E-state index contributed by atoms with van der Waals surface area (Å²) in [4.78, 5) is 1.97. The molecular formula is C12H18N4. The predicted octanol–water partition coefficient (Wildman–Crippen LogP) is 1.95. The van der Waals surface area contributed by atoms with E-state index < -0.39 is 0 Å². The molecule has 0 radical (unpaired) electrons. The van der Waals surface area contributed by atoms with Gasteiger partial charge in [0.2, 0.25) is 0 Å². The molecule has 1 aliphatic carbocycles. The molecule has 1 saturated carbocycles. The number of hydrogen-bond donors (Lipinski definition) is 0. The zero-order valence-electron chi connectivity index (χ0n) is 9.76. The smallest absolute Gasteiger partial charge is 0.0866 e. The van der Waals surface area contributed by atoms with Gasteiger partial charge in [0, 0.05) is 12.7 Å². The Morgan fingerprint density at radius 3 is 3.00 bits per heavy atom. The molecule has 1 aromatic rings. The quantitative estimate of drug-likeness (QED) is 0.726. The zero-order valence-corrected chi connectivity index (χ0v) is 9.76. The monoisotopic (exact) mass is 218 g/mol. The van der Waals surface area contributed by atoms with E-state index in [4.69, 9.17) is 5.26 Å². The highest BCUT2D eigenvalue weighted by Crippen LogP contribution is 2.28. The molecule has 1 heterocycles. The third-order valence-corrected chi connectivity index (χ3v) is 3.13. The Kier molecular flexibility index (Phi) is 3.58. The lowest BCUT2D eigenvalue weighted by Crippen LogP contribution is -2.18. The molecule has 4 nitrogen and oxygen atoms in total. The molecule has 1 aliphatic rings. The van der Waals surface area contributed by atoms with Crippen LogP contribution in [0, 0.1) is 11.3 Å². The van der Waals surface area contributed by atoms with Crippen molar-refractivity contribution in [2.45, 2.75) is 38.3 Å². The molecule has 2 rings (SSSR count). The Bertz CT molecular complexity index is 371. The second-order valence-corrected chi connectivity index (χ2v) is 4.56. The van der Waals surface area contributed by atoms with Crippen LogP contribution in [0.1, 0.15) is 37.4 Å². The van der Waals surface area contributed by atoms with Crippen molar-refractivity contribution in [3.8, 4) is 6.07 Å². The van der Waals surface area contributed by atoms with Crippen molar-refractivity contribution in [1.29, 1.82) is 5.26 Å². The minimum absolute atomic E-state index is 0.455. The fourth-order valence-electron chi connectivity index (χ4n) is 2.29. The third-order valence-electron chi connectivity index (χ3n) is 3.13. The topological polar surface area (TPSA) is 44.9 Å². The summed E-state index contributed by atoms with van der Waals surface area (Å²) < 4.78 is 2.10. The Labute approximate surface area is 96.5 Å². The lowest BCUT2D eigenvalue weighted by Gasteiger charge is -2.11. The summed E-state index contributed by atoms with van der Waals surface area (Å²) in [6.45, 7) is 1.21. The molecule has 0 spiro atoms. The second kappa shape index (κ2) is 5.13. The van der Waals surface area contributed by atoms with Crippen molar-refractivity contribution in [1.82, 2.24) is 14.7 Å². The maximum atomic E-state index is 8.58. The van der Waals surface area contributed by atoms with E-state index in [1.807, 2.05) is 11.9 Å². The molecule has 0 N–H and O–H groups in total. The van der Waals surface area contributed by atoms with E-state index >= 15 is 0 Å². The highest BCUT2D eigenvalue weighted by Gasteiger charge is 2.17. The minimum atomic E-state index is 0.455. The van der Waals surface area contributed by atoms with Gasteiger partial charge in [0.25, 0.3) is 0 Å². The molecule has 0 atom stereocenters. The highest BCUT2D eigenvalue weighted by atomic mass is 15.3. The standard InChI is InChI=1S/C12H18N4/c1-15(9-7-13)10-11-6-8-16(14-11)12-4-2-3-5-12/h6,8,12H,2-5,9-10H2,1H3. The number of hydrogen-bond acceptors (Lipinski definition) is 3. The Hall–Kier alpha value is -1.34. The van der Waals surface area contributed by atoms with Gasteiger partial charge in [-0.25, -0.2) is 0 Å². The van der Waals surface area contributed by atoms with Crippen LogP contribution in [-0.2, 0) is 6.54 Å². The Morgan fingerprint density at radius 1 is 1.56 bits per heavy atom. The average molecular weight is 218 g/mol. The van der Waals surface area contributed by atoms with Crippen molar-refractivity contribution in [2.24, 2.45) is 0 Å². The maximum Gasteiger partial charge on any atom is 0.0866 e. The third kappa shape index (κ3) is 2.61. The molecule has 0 bridgehead atoms. The summed E-state index contributed by atoms with van der Waals surface area (Å²) in [5, 5.41) is 13.2. The molecule has 0 unspecified atom stereocenters. The van der Waals surface area contributed by atoms with Gasteiger partial charge in [0.05, 0.1) is 24.3 Å². The van der Waals surface area contributed by atoms with Crippen LogP contribution in [0.25, 0.3) is 0 Å². The molecule has 1 fully saturated rings. The van der Waals surface area contributed by atoms with E-state index in [0.717, 1.165) is 12.2 Å². The minimum Gasteiger partial charge on any atom is -0.288 e. The molecule has 86 valence electrons. The summed E-state index contributed by atoms with van der Waals surface area (Å²) >= 11 is 0. The first kappa shape index (κ1) is 11.2. The van der Waals surface area contributed by atoms with Crippen LogP contribution >= 0.6 is 0 Å². The summed E-state index contributed by atoms with van der Waals surface area (Å²) in [5.74, 6) is 0. The molecule has 0 aromatic carbocycles. The van der Waals surface area contributed by atoms with Crippen LogP contribution < -0.4 is 0 Å². The van der Waals surface area contributed by atoms with Crippen LogP contribution in [0.15, 0.2) is 12.3 Å². The first-order chi connectivity index (χ1) is 7.79. The molecule has 0 amide bonds. The first-order valence-electron chi connectivity index (χ1n) is 5.89. The average Bonchev–Trinajstić information content (AvgIpc) is 2.86. The van der Waals surface area contributed by atoms with E-state index in [1.54, 1.807) is 0 Å². The van der Waals surface area contributed by atoms with Crippen LogP contribution in [0.2, 0.25) is 0 Å². The molecule has 4 heteroatoms. The first-order valence-corrected chi connectivity index (χ1v) is 5.89. The largest absolute Gasteiger partial charge is 0.288 e. The fourth-order valence-corrected chi connectivity index (χ4v) is 2.29. The van der Waals surface area contributed by atoms with Gasteiger partial charge in [-0.3, -0.25) is 9.58 Å². The van der Waals surface area contributed by atoms with Gasteiger partial charge in [-0.05, 0) is 26.0 Å². The van der Waals surface area contributed by atoms with Gasteiger partial charge in [0.15, 0.2) is 0 Å². The van der Waals surface area contributed by atoms with E-state index in [-0.39, 0.29) is 0 Å². The van der Waals surface area contributed by atoms with E-state index in [9.17, 15) is 0 Å². The number of aromatic nitrogens is 2.